The molecule has 1 unspecified atom stereocenters. The summed E-state index contributed by atoms with van der Waals surface area (Å²) in [5, 5.41) is 24.5. The Bertz CT molecular complexity index is 1290. The van der Waals surface area contributed by atoms with Crippen molar-refractivity contribution >= 4 is 17.7 Å². The van der Waals surface area contributed by atoms with Gasteiger partial charge in [-0.2, -0.15) is 0 Å². The fraction of sp³-hybridized carbons (Fsp3) is 0.214. The Balaban J connectivity index is 1.33. The fourth-order valence-corrected chi connectivity index (χ4v) is 5.17. The monoisotopic (exact) mass is 471 g/mol. The summed E-state index contributed by atoms with van der Waals surface area (Å²) in [5.74, 6) is 0.339. The Morgan fingerprint density at radius 3 is 2.15 bits per heavy atom. The van der Waals surface area contributed by atoms with Crippen molar-refractivity contribution in [3.8, 4) is 22.5 Å². The normalized spacial score (nSPS) is 15.1. The summed E-state index contributed by atoms with van der Waals surface area (Å²) in [7, 11) is 0. The number of carbonyl (C=O) groups is 1. The highest BCUT2D eigenvalue weighted by molar-refractivity contribution is 7.99. The first-order valence-electron chi connectivity index (χ1n) is 11.2. The van der Waals surface area contributed by atoms with E-state index in [9.17, 15) is 15.0 Å². The van der Waals surface area contributed by atoms with E-state index in [-0.39, 0.29) is 0 Å². The van der Waals surface area contributed by atoms with Gasteiger partial charge in [-0.1, -0.05) is 71.9 Å². The van der Waals surface area contributed by atoms with E-state index in [1.807, 2.05) is 85.8 Å². The van der Waals surface area contributed by atoms with Crippen LogP contribution in [0.2, 0.25) is 0 Å². The van der Waals surface area contributed by atoms with E-state index in [0.717, 1.165) is 27.1 Å². The summed E-state index contributed by atoms with van der Waals surface area (Å²) < 4.78 is 5.61. The van der Waals surface area contributed by atoms with Crippen LogP contribution in [0.3, 0.4) is 0 Å². The molecule has 0 bridgehead atoms. The van der Waals surface area contributed by atoms with Gasteiger partial charge in [-0.3, -0.25) is 4.79 Å². The first kappa shape index (κ1) is 22.4. The van der Waals surface area contributed by atoms with Gasteiger partial charge in [-0.15, -0.1) is 11.8 Å². The number of aliphatic carboxylic acids is 1. The zero-order valence-corrected chi connectivity index (χ0v) is 19.6. The Kier molecular flexibility index (Phi) is 6.02. The van der Waals surface area contributed by atoms with Crippen molar-refractivity contribution in [1.82, 2.24) is 5.16 Å². The lowest BCUT2D eigenvalue weighted by Crippen LogP contribution is -2.19. The summed E-state index contributed by atoms with van der Waals surface area (Å²) in [4.78, 5) is 12.7. The average Bonchev–Trinajstić information content (AvgIpc) is 3.60. The molecule has 0 saturated heterocycles. The molecule has 1 saturated carbocycles. The van der Waals surface area contributed by atoms with Gasteiger partial charge in [0.05, 0.1) is 22.8 Å². The zero-order chi connectivity index (χ0) is 23.7. The molecule has 4 aromatic rings. The highest BCUT2D eigenvalue weighted by atomic mass is 32.2. The molecule has 0 radical (unpaired) electrons. The minimum atomic E-state index is -0.743. The number of carboxylic acids is 1. The quantitative estimate of drug-likeness (QED) is 0.295. The number of benzene rings is 3. The van der Waals surface area contributed by atoms with Gasteiger partial charge in [0.1, 0.15) is 0 Å². The number of hydrogen-bond acceptors (Lipinski definition) is 5. The third kappa shape index (κ3) is 4.27. The zero-order valence-electron chi connectivity index (χ0n) is 18.8. The molecule has 34 heavy (non-hydrogen) atoms. The lowest BCUT2D eigenvalue weighted by Gasteiger charge is -2.12. The van der Waals surface area contributed by atoms with Crippen molar-refractivity contribution in [1.29, 1.82) is 0 Å². The van der Waals surface area contributed by atoms with Crippen LogP contribution in [-0.2, 0) is 10.2 Å². The Hall–Kier alpha value is -3.35. The van der Waals surface area contributed by atoms with Crippen LogP contribution in [0.4, 0.5) is 0 Å². The molecule has 2 N–H and O–H groups in total. The lowest BCUT2D eigenvalue weighted by atomic mass is 9.93. The summed E-state index contributed by atoms with van der Waals surface area (Å²) in [6, 6.07) is 25.7. The third-order valence-corrected chi connectivity index (χ3v) is 7.56. The Morgan fingerprint density at radius 1 is 0.971 bits per heavy atom. The fourth-order valence-electron chi connectivity index (χ4n) is 4.30. The van der Waals surface area contributed by atoms with Gasteiger partial charge in [-0.25, -0.2) is 0 Å². The van der Waals surface area contributed by atoms with Gasteiger partial charge in [0.2, 0.25) is 0 Å². The lowest BCUT2D eigenvalue weighted by molar-refractivity contribution is -0.140. The molecule has 0 spiro atoms. The molecule has 1 aliphatic carbocycles. The first-order valence-corrected chi connectivity index (χ1v) is 12.2. The highest BCUT2D eigenvalue weighted by Crippen LogP contribution is 2.48. The second-order valence-electron chi connectivity index (χ2n) is 8.69. The van der Waals surface area contributed by atoms with Gasteiger partial charge in [0.25, 0.3) is 0 Å². The van der Waals surface area contributed by atoms with Crippen LogP contribution in [0.15, 0.2) is 88.3 Å². The average molecular weight is 472 g/mol. The Labute approximate surface area is 202 Å². The molecule has 1 aromatic heterocycles. The molecule has 6 heteroatoms. The standard InChI is InChI=1S/C28H25NO4S/c1-18-25(24(30)17-34-23-5-3-2-4-6-23)26(33-29-18)21-9-7-19(8-10-21)20-11-13-22(14-12-20)28(15-16-28)27(31)32/h2-14,24,30H,15-17H2,1H3,(H,31,32). The van der Waals surface area contributed by atoms with Crippen molar-refractivity contribution in [3.05, 3.63) is 95.7 Å². The molecule has 1 aliphatic rings. The molecule has 1 atom stereocenters. The van der Waals surface area contributed by atoms with Gasteiger partial charge < -0.3 is 14.7 Å². The molecule has 1 heterocycles. The third-order valence-electron chi connectivity index (χ3n) is 6.47. The molecule has 1 fully saturated rings. The molecular weight excluding hydrogens is 446 g/mol. The number of aromatic nitrogens is 1. The van der Waals surface area contributed by atoms with Crippen LogP contribution in [-0.4, -0.2) is 27.1 Å². The first-order chi connectivity index (χ1) is 16.5. The maximum atomic E-state index is 11.6. The predicted molar refractivity (Wildman–Crippen MR) is 133 cm³/mol. The van der Waals surface area contributed by atoms with Crippen molar-refractivity contribution in [2.45, 2.75) is 36.2 Å². The van der Waals surface area contributed by atoms with E-state index in [0.29, 0.717) is 35.6 Å². The Morgan fingerprint density at radius 2 is 1.56 bits per heavy atom. The van der Waals surface area contributed by atoms with E-state index in [2.05, 4.69) is 5.16 Å². The van der Waals surface area contributed by atoms with Crippen molar-refractivity contribution < 1.29 is 19.5 Å². The summed E-state index contributed by atoms with van der Waals surface area (Å²) in [6.45, 7) is 1.85. The highest BCUT2D eigenvalue weighted by Gasteiger charge is 2.51. The van der Waals surface area contributed by atoms with E-state index >= 15 is 0 Å². The van der Waals surface area contributed by atoms with Crippen LogP contribution in [0.25, 0.3) is 22.5 Å². The van der Waals surface area contributed by atoms with Crippen molar-refractivity contribution in [2.75, 3.05) is 5.75 Å². The van der Waals surface area contributed by atoms with Crippen molar-refractivity contribution in [2.24, 2.45) is 0 Å². The topological polar surface area (TPSA) is 83.6 Å². The second kappa shape index (κ2) is 9.12. The van der Waals surface area contributed by atoms with Gasteiger partial charge in [0, 0.05) is 16.2 Å². The summed E-state index contributed by atoms with van der Waals surface area (Å²) >= 11 is 1.59. The van der Waals surface area contributed by atoms with Gasteiger partial charge >= 0.3 is 5.97 Å². The van der Waals surface area contributed by atoms with Crippen LogP contribution >= 0.6 is 11.8 Å². The van der Waals surface area contributed by atoms with E-state index < -0.39 is 17.5 Å². The van der Waals surface area contributed by atoms with E-state index in [1.54, 1.807) is 11.8 Å². The minimum absolute atomic E-state index is 0.501. The van der Waals surface area contributed by atoms with Crippen LogP contribution in [0.5, 0.6) is 0 Å². The van der Waals surface area contributed by atoms with Gasteiger partial charge in [0.15, 0.2) is 5.76 Å². The molecule has 0 amide bonds. The molecular formula is C28H25NO4S. The van der Waals surface area contributed by atoms with E-state index in [4.69, 9.17) is 4.52 Å². The molecule has 5 rings (SSSR count). The molecule has 172 valence electrons. The number of aliphatic hydroxyl groups excluding tert-OH is 1. The van der Waals surface area contributed by atoms with Crippen LogP contribution < -0.4 is 0 Å². The number of carboxylic acid groups (broad SMARTS) is 1. The summed E-state index contributed by atoms with van der Waals surface area (Å²) in [6.07, 6.45) is 0.693. The number of aliphatic hydroxyl groups is 1. The van der Waals surface area contributed by atoms with Gasteiger partial charge in [-0.05, 0) is 48.6 Å². The maximum absolute atomic E-state index is 11.6. The number of thioether (sulfide) groups is 1. The minimum Gasteiger partial charge on any atom is -0.481 e. The predicted octanol–water partition coefficient (Wildman–Crippen LogP) is 6.26. The largest absolute Gasteiger partial charge is 0.481 e. The maximum Gasteiger partial charge on any atom is 0.314 e. The number of rotatable bonds is 8. The van der Waals surface area contributed by atoms with Crippen molar-refractivity contribution in [3.63, 3.8) is 0 Å². The summed E-state index contributed by atoms with van der Waals surface area (Å²) in [5.41, 5.74) is 4.46. The molecule has 0 aliphatic heterocycles. The number of nitrogens with zero attached hydrogens (tertiary/aromatic N) is 1. The SMILES string of the molecule is Cc1noc(-c2ccc(-c3ccc(C4(C(=O)O)CC4)cc3)cc2)c1C(O)CSc1ccccc1. The number of aryl methyl sites for hydroxylation is 1. The van der Waals surface area contributed by atoms with E-state index in [1.165, 1.54) is 0 Å². The second-order valence-corrected chi connectivity index (χ2v) is 9.79. The number of hydrogen-bond donors (Lipinski definition) is 2. The molecule has 3 aromatic carbocycles. The smallest absolute Gasteiger partial charge is 0.314 e. The van der Waals surface area contributed by atoms with Crippen LogP contribution in [0.1, 0.15) is 35.8 Å². The molecule has 5 nitrogen and oxygen atoms in total. The van der Waals surface area contributed by atoms with Crippen LogP contribution in [0, 0.1) is 6.92 Å².